The molecule has 2 atom stereocenters. The van der Waals surface area contributed by atoms with E-state index in [1.54, 1.807) is 24.3 Å². The van der Waals surface area contributed by atoms with Gasteiger partial charge < -0.3 is 15.5 Å². The van der Waals surface area contributed by atoms with Gasteiger partial charge in [-0.15, -0.1) is 0 Å². The van der Waals surface area contributed by atoms with Gasteiger partial charge in [0, 0.05) is 6.04 Å². The zero-order valence-electron chi connectivity index (χ0n) is 11.8. The van der Waals surface area contributed by atoms with Gasteiger partial charge in [-0.05, 0) is 43.4 Å². The van der Waals surface area contributed by atoms with Gasteiger partial charge in [0.25, 0.3) is 0 Å². The second kappa shape index (κ2) is 7.14. The van der Waals surface area contributed by atoms with E-state index >= 15 is 0 Å². The van der Waals surface area contributed by atoms with Gasteiger partial charge in [0.2, 0.25) is 0 Å². The molecule has 0 saturated heterocycles. The third kappa shape index (κ3) is 5.75. The van der Waals surface area contributed by atoms with Crippen molar-refractivity contribution in [2.45, 2.75) is 45.7 Å². The number of benzene rings is 1. The Kier molecular flexibility index (Phi) is 5.83. The van der Waals surface area contributed by atoms with E-state index in [0.717, 1.165) is 12.0 Å². The number of rotatable bonds is 7. The molecule has 0 aliphatic carbocycles. The Hall–Kier alpha value is -1.55. The first kappa shape index (κ1) is 15.5. The predicted octanol–water partition coefficient (Wildman–Crippen LogP) is 2.41. The summed E-state index contributed by atoms with van der Waals surface area (Å²) < 4.78 is 0. The van der Waals surface area contributed by atoms with Crippen molar-refractivity contribution < 1.29 is 15.0 Å². The molecule has 1 aromatic rings. The van der Waals surface area contributed by atoms with Crippen molar-refractivity contribution in [3.8, 4) is 5.75 Å². The molecule has 106 valence electrons. The molecule has 0 bridgehead atoms. The average Bonchev–Trinajstić information content (AvgIpc) is 2.29. The largest absolute Gasteiger partial charge is 0.508 e. The van der Waals surface area contributed by atoms with Gasteiger partial charge >= 0.3 is 5.97 Å². The molecule has 0 aliphatic heterocycles. The highest BCUT2D eigenvalue weighted by Crippen LogP contribution is 2.12. The third-order valence-electron chi connectivity index (χ3n) is 2.98. The summed E-state index contributed by atoms with van der Waals surface area (Å²) in [5.41, 5.74) is 0.898. The van der Waals surface area contributed by atoms with E-state index in [2.05, 4.69) is 19.2 Å². The first-order valence-corrected chi connectivity index (χ1v) is 6.65. The Morgan fingerprint density at radius 1 is 1.21 bits per heavy atom. The monoisotopic (exact) mass is 265 g/mol. The number of carboxylic acid groups (broad SMARTS) is 1. The summed E-state index contributed by atoms with van der Waals surface area (Å²) in [6.45, 7) is 6.24. The molecule has 0 fully saturated rings. The lowest BCUT2D eigenvalue weighted by molar-refractivity contribution is -0.139. The lowest BCUT2D eigenvalue weighted by atomic mass is 10.0. The Labute approximate surface area is 114 Å². The van der Waals surface area contributed by atoms with E-state index in [1.807, 2.05) is 6.92 Å². The van der Waals surface area contributed by atoms with Gasteiger partial charge in [-0.2, -0.15) is 0 Å². The Balaban J connectivity index is 2.62. The van der Waals surface area contributed by atoms with Gasteiger partial charge in [-0.25, -0.2) is 0 Å². The number of aromatic hydroxyl groups is 1. The minimum Gasteiger partial charge on any atom is -0.508 e. The van der Waals surface area contributed by atoms with Crippen LogP contribution >= 0.6 is 0 Å². The molecule has 0 aliphatic rings. The van der Waals surface area contributed by atoms with Crippen LogP contribution in [-0.4, -0.2) is 28.3 Å². The molecule has 1 rings (SSSR count). The van der Waals surface area contributed by atoms with Crippen LogP contribution in [-0.2, 0) is 11.2 Å². The molecule has 0 amide bonds. The number of hydrogen-bond donors (Lipinski definition) is 3. The summed E-state index contributed by atoms with van der Waals surface area (Å²) in [5, 5.41) is 21.6. The molecule has 2 unspecified atom stereocenters. The lowest BCUT2D eigenvalue weighted by Gasteiger charge is -2.21. The Bertz CT molecular complexity index is 400. The highest BCUT2D eigenvalue weighted by molar-refractivity contribution is 5.74. The zero-order valence-corrected chi connectivity index (χ0v) is 11.8. The first-order chi connectivity index (χ1) is 8.88. The average molecular weight is 265 g/mol. The summed E-state index contributed by atoms with van der Waals surface area (Å²) in [7, 11) is 0. The number of carboxylic acids is 1. The van der Waals surface area contributed by atoms with Crippen LogP contribution in [0.2, 0.25) is 0 Å². The van der Waals surface area contributed by atoms with Crippen molar-refractivity contribution >= 4 is 5.97 Å². The van der Waals surface area contributed by atoms with Crippen LogP contribution in [0.3, 0.4) is 0 Å². The molecule has 19 heavy (non-hydrogen) atoms. The van der Waals surface area contributed by atoms with E-state index in [4.69, 9.17) is 0 Å². The van der Waals surface area contributed by atoms with Gasteiger partial charge in [0.05, 0.1) is 0 Å². The summed E-state index contributed by atoms with van der Waals surface area (Å²) in [4.78, 5) is 11.3. The summed E-state index contributed by atoms with van der Waals surface area (Å²) in [6.07, 6.45) is 1.36. The number of carbonyl (C=O) groups is 1. The minimum absolute atomic E-state index is 0.165. The van der Waals surface area contributed by atoms with Gasteiger partial charge in [0.15, 0.2) is 0 Å². The Morgan fingerprint density at radius 2 is 1.79 bits per heavy atom. The number of phenolic OH excluding ortho intramolecular Hbond substituents is 1. The van der Waals surface area contributed by atoms with Gasteiger partial charge in [0.1, 0.15) is 11.8 Å². The van der Waals surface area contributed by atoms with Crippen LogP contribution in [0.25, 0.3) is 0 Å². The standard InChI is InChI=1S/C15H23NO3/c1-10(2)8-11(3)16-14(15(18)19)9-12-4-6-13(17)7-5-12/h4-7,10-11,14,16-17H,8-9H2,1-3H3,(H,18,19). The number of nitrogens with one attached hydrogen (secondary N) is 1. The maximum atomic E-state index is 11.3. The molecule has 4 nitrogen and oxygen atoms in total. The quantitative estimate of drug-likeness (QED) is 0.708. The van der Waals surface area contributed by atoms with Crippen LogP contribution in [0.4, 0.5) is 0 Å². The third-order valence-corrected chi connectivity index (χ3v) is 2.98. The maximum absolute atomic E-state index is 11.3. The second-order valence-corrected chi connectivity index (χ2v) is 5.46. The molecule has 4 heteroatoms. The predicted molar refractivity (Wildman–Crippen MR) is 75.3 cm³/mol. The van der Waals surface area contributed by atoms with Crippen molar-refractivity contribution in [1.29, 1.82) is 0 Å². The molecule has 1 aromatic carbocycles. The molecule has 0 saturated carbocycles. The van der Waals surface area contributed by atoms with Crippen LogP contribution in [0.1, 0.15) is 32.8 Å². The normalized spacial score (nSPS) is 14.3. The molecular weight excluding hydrogens is 242 g/mol. The van der Waals surface area contributed by atoms with E-state index in [-0.39, 0.29) is 11.8 Å². The summed E-state index contributed by atoms with van der Waals surface area (Å²) in [5.74, 6) is -0.119. The molecule has 3 N–H and O–H groups in total. The second-order valence-electron chi connectivity index (χ2n) is 5.46. The number of aliphatic carboxylic acids is 1. The van der Waals surface area contributed by atoms with E-state index in [1.165, 1.54) is 0 Å². The van der Waals surface area contributed by atoms with Crippen LogP contribution in [0.5, 0.6) is 5.75 Å². The lowest BCUT2D eigenvalue weighted by Crippen LogP contribution is -2.44. The minimum atomic E-state index is -0.844. The number of phenols is 1. The summed E-state index contributed by atoms with van der Waals surface area (Å²) in [6, 6.07) is 6.22. The smallest absolute Gasteiger partial charge is 0.321 e. The maximum Gasteiger partial charge on any atom is 0.321 e. The van der Waals surface area contributed by atoms with Crippen LogP contribution < -0.4 is 5.32 Å². The van der Waals surface area contributed by atoms with Gasteiger partial charge in [-0.3, -0.25) is 4.79 Å². The molecule has 0 spiro atoms. The molecule has 0 heterocycles. The van der Waals surface area contributed by atoms with E-state index < -0.39 is 12.0 Å². The van der Waals surface area contributed by atoms with E-state index in [0.29, 0.717) is 12.3 Å². The highest BCUT2D eigenvalue weighted by atomic mass is 16.4. The SMILES string of the molecule is CC(C)CC(C)NC(Cc1ccc(O)cc1)C(=O)O. The molecule has 0 aromatic heterocycles. The van der Waals surface area contributed by atoms with E-state index in [9.17, 15) is 15.0 Å². The number of hydrogen-bond acceptors (Lipinski definition) is 3. The molecular formula is C15H23NO3. The fraction of sp³-hybridized carbons (Fsp3) is 0.533. The summed E-state index contributed by atoms with van der Waals surface area (Å²) >= 11 is 0. The van der Waals surface area contributed by atoms with Gasteiger partial charge in [-0.1, -0.05) is 26.0 Å². The first-order valence-electron chi connectivity index (χ1n) is 6.65. The van der Waals surface area contributed by atoms with Crippen LogP contribution in [0.15, 0.2) is 24.3 Å². The van der Waals surface area contributed by atoms with Crippen molar-refractivity contribution in [3.63, 3.8) is 0 Å². The van der Waals surface area contributed by atoms with Crippen molar-refractivity contribution in [3.05, 3.63) is 29.8 Å². The van der Waals surface area contributed by atoms with Crippen molar-refractivity contribution in [2.75, 3.05) is 0 Å². The van der Waals surface area contributed by atoms with Crippen molar-refractivity contribution in [1.82, 2.24) is 5.32 Å². The highest BCUT2D eigenvalue weighted by Gasteiger charge is 2.20. The van der Waals surface area contributed by atoms with Crippen LogP contribution in [0, 0.1) is 5.92 Å². The zero-order chi connectivity index (χ0) is 14.4. The fourth-order valence-corrected chi connectivity index (χ4v) is 2.20. The fourth-order valence-electron chi connectivity index (χ4n) is 2.20. The molecule has 0 radical (unpaired) electrons. The Morgan fingerprint density at radius 3 is 2.26 bits per heavy atom. The topological polar surface area (TPSA) is 69.6 Å². The van der Waals surface area contributed by atoms with Crippen molar-refractivity contribution in [2.24, 2.45) is 5.92 Å².